The first-order valence-corrected chi connectivity index (χ1v) is 6.40. The zero-order valence-corrected chi connectivity index (χ0v) is 11.4. The highest BCUT2D eigenvalue weighted by atomic mass is 16.5. The van der Waals surface area contributed by atoms with Crippen LogP contribution in [0.15, 0.2) is 18.2 Å². The molecule has 5 heteroatoms. The van der Waals surface area contributed by atoms with Crippen molar-refractivity contribution < 1.29 is 14.3 Å². The predicted molar refractivity (Wildman–Crippen MR) is 72.3 cm³/mol. The summed E-state index contributed by atoms with van der Waals surface area (Å²) in [5.41, 5.74) is 6.36. The molecule has 0 aromatic heterocycles. The number of carbonyl (C=O) groups excluding carboxylic acids is 1. The van der Waals surface area contributed by atoms with E-state index in [0.29, 0.717) is 0 Å². The van der Waals surface area contributed by atoms with Gasteiger partial charge in [0.25, 0.3) is 0 Å². The zero-order valence-electron chi connectivity index (χ0n) is 11.4. The van der Waals surface area contributed by atoms with Gasteiger partial charge in [-0.2, -0.15) is 0 Å². The Balaban J connectivity index is 2.30. The van der Waals surface area contributed by atoms with Gasteiger partial charge in [0.1, 0.15) is 11.5 Å². The van der Waals surface area contributed by atoms with Crippen LogP contribution >= 0.6 is 0 Å². The van der Waals surface area contributed by atoms with Crippen molar-refractivity contribution in [2.45, 2.75) is 18.9 Å². The Labute approximate surface area is 113 Å². The minimum absolute atomic E-state index is 0.164. The van der Waals surface area contributed by atoms with Gasteiger partial charge >= 0.3 is 0 Å². The summed E-state index contributed by atoms with van der Waals surface area (Å²) in [6, 6.07) is 5.91. The SMILES string of the molecule is COc1ccc(OC)c([C@H]2CCCN2CC(N)=O)c1. The number of carbonyl (C=O) groups is 1. The molecular weight excluding hydrogens is 244 g/mol. The standard InChI is InChI=1S/C14H20N2O3/c1-18-10-5-6-13(19-2)11(8-10)12-4-3-7-16(12)9-14(15)17/h5-6,8,12H,3-4,7,9H2,1-2H3,(H2,15,17)/t12-/m1/s1. The number of ether oxygens (including phenoxy) is 2. The second-order valence-electron chi connectivity index (χ2n) is 4.70. The van der Waals surface area contributed by atoms with Gasteiger partial charge in [0.15, 0.2) is 0 Å². The fraction of sp³-hybridized carbons (Fsp3) is 0.500. The number of hydrogen-bond donors (Lipinski definition) is 1. The summed E-state index contributed by atoms with van der Waals surface area (Å²) < 4.78 is 10.7. The normalized spacial score (nSPS) is 19.4. The Bertz CT molecular complexity index is 462. The molecule has 1 aromatic rings. The van der Waals surface area contributed by atoms with Crippen LogP contribution in [0.4, 0.5) is 0 Å². The monoisotopic (exact) mass is 264 g/mol. The van der Waals surface area contributed by atoms with Gasteiger partial charge in [-0.15, -0.1) is 0 Å². The van der Waals surface area contributed by atoms with E-state index in [1.54, 1.807) is 14.2 Å². The summed E-state index contributed by atoms with van der Waals surface area (Å²) in [5.74, 6) is 1.32. The molecule has 104 valence electrons. The van der Waals surface area contributed by atoms with Crippen molar-refractivity contribution in [1.82, 2.24) is 4.90 Å². The summed E-state index contributed by atoms with van der Waals surface area (Å²) in [6.45, 7) is 1.17. The third kappa shape index (κ3) is 2.98. The van der Waals surface area contributed by atoms with Gasteiger partial charge in [0, 0.05) is 11.6 Å². The Kier molecular flexibility index (Phi) is 4.27. The van der Waals surface area contributed by atoms with Gasteiger partial charge < -0.3 is 15.2 Å². The average Bonchev–Trinajstić information content (AvgIpc) is 2.85. The fourth-order valence-electron chi connectivity index (χ4n) is 2.67. The number of nitrogens with zero attached hydrogens (tertiary/aromatic N) is 1. The second-order valence-corrected chi connectivity index (χ2v) is 4.70. The minimum atomic E-state index is -0.297. The van der Waals surface area contributed by atoms with Crippen molar-refractivity contribution in [2.24, 2.45) is 5.73 Å². The molecule has 5 nitrogen and oxygen atoms in total. The number of hydrogen-bond acceptors (Lipinski definition) is 4. The molecule has 1 aliphatic heterocycles. The Hall–Kier alpha value is -1.75. The molecular formula is C14H20N2O3. The lowest BCUT2D eigenvalue weighted by Gasteiger charge is -2.25. The van der Waals surface area contributed by atoms with E-state index >= 15 is 0 Å². The van der Waals surface area contributed by atoms with E-state index in [1.165, 1.54) is 0 Å². The molecule has 19 heavy (non-hydrogen) atoms. The number of rotatable bonds is 5. The van der Waals surface area contributed by atoms with Crippen LogP contribution < -0.4 is 15.2 Å². The van der Waals surface area contributed by atoms with Crippen molar-refractivity contribution in [3.63, 3.8) is 0 Å². The molecule has 0 saturated carbocycles. The van der Waals surface area contributed by atoms with Crippen LogP contribution in [0.25, 0.3) is 0 Å². The highest BCUT2D eigenvalue weighted by molar-refractivity contribution is 5.76. The molecule has 0 spiro atoms. The van der Waals surface area contributed by atoms with Gasteiger partial charge in [-0.25, -0.2) is 0 Å². The minimum Gasteiger partial charge on any atom is -0.497 e. The van der Waals surface area contributed by atoms with Crippen LogP contribution in [0.1, 0.15) is 24.4 Å². The van der Waals surface area contributed by atoms with Gasteiger partial charge in [-0.1, -0.05) is 0 Å². The molecule has 1 heterocycles. The van der Waals surface area contributed by atoms with Crippen LogP contribution in [0.2, 0.25) is 0 Å². The van der Waals surface area contributed by atoms with Gasteiger partial charge in [-0.3, -0.25) is 9.69 Å². The highest BCUT2D eigenvalue weighted by Gasteiger charge is 2.29. The molecule has 0 bridgehead atoms. The molecule has 1 aliphatic rings. The van der Waals surface area contributed by atoms with Crippen LogP contribution in [0.5, 0.6) is 11.5 Å². The summed E-state index contributed by atoms with van der Waals surface area (Å²) in [4.78, 5) is 13.2. The van der Waals surface area contributed by atoms with E-state index < -0.39 is 0 Å². The van der Waals surface area contributed by atoms with E-state index in [-0.39, 0.29) is 18.5 Å². The Morgan fingerprint density at radius 2 is 2.21 bits per heavy atom. The first-order valence-electron chi connectivity index (χ1n) is 6.40. The van der Waals surface area contributed by atoms with E-state index in [2.05, 4.69) is 4.90 Å². The molecule has 1 atom stereocenters. The quantitative estimate of drug-likeness (QED) is 0.871. The topological polar surface area (TPSA) is 64.8 Å². The van der Waals surface area contributed by atoms with E-state index in [1.807, 2.05) is 18.2 Å². The maximum Gasteiger partial charge on any atom is 0.231 e. The number of nitrogens with two attached hydrogens (primary N) is 1. The van der Waals surface area contributed by atoms with Crippen molar-refractivity contribution in [3.8, 4) is 11.5 Å². The van der Waals surface area contributed by atoms with Crippen LogP contribution in [-0.4, -0.2) is 38.1 Å². The first kappa shape index (κ1) is 13.7. The second kappa shape index (κ2) is 5.93. The molecule has 0 radical (unpaired) electrons. The molecule has 1 saturated heterocycles. The number of likely N-dealkylation sites (tertiary alicyclic amines) is 1. The van der Waals surface area contributed by atoms with Crippen molar-refractivity contribution in [3.05, 3.63) is 23.8 Å². The van der Waals surface area contributed by atoms with E-state index in [4.69, 9.17) is 15.2 Å². The summed E-state index contributed by atoms with van der Waals surface area (Å²) in [5, 5.41) is 0. The largest absolute Gasteiger partial charge is 0.497 e. The molecule has 0 unspecified atom stereocenters. The molecule has 0 aliphatic carbocycles. The van der Waals surface area contributed by atoms with E-state index in [9.17, 15) is 4.79 Å². The number of amides is 1. The third-order valence-electron chi connectivity index (χ3n) is 3.52. The lowest BCUT2D eigenvalue weighted by Crippen LogP contribution is -2.33. The lowest BCUT2D eigenvalue weighted by atomic mass is 10.0. The average molecular weight is 264 g/mol. The van der Waals surface area contributed by atoms with Crippen LogP contribution in [0.3, 0.4) is 0 Å². The maximum absolute atomic E-state index is 11.1. The Morgan fingerprint density at radius 1 is 1.42 bits per heavy atom. The van der Waals surface area contributed by atoms with Crippen molar-refractivity contribution >= 4 is 5.91 Å². The van der Waals surface area contributed by atoms with Crippen LogP contribution in [0, 0.1) is 0 Å². The van der Waals surface area contributed by atoms with Crippen molar-refractivity contribution in [2.75, 3.05) is 27.3 Å². The first-order chi connectivity index (χ1) is 9.15. The molecule has 1 amide bonds. The fourth-order valence-corrected chi connectivity index (χ4v) is 2.67. The summed E-state index contributed by atoms with van der Waals surface area (Å²) in [6.07, 6.45) is 2.05. The molecule has 2 rings (SSSR count). The van der Waals surface area contributed by atoms with Crippen molar-refractivity contribution in [1.29, 1.82) is 0 Å². The lowest BCUT2D eigenvalue weighted by molar-refractivity contribution is -0.119. The van der Waals surface area contributed by atoms with Gasteiger partial charge in [0.05, 0.1) is 20.8 Å². The molecule has 1 fully saturated rings. The van der Waals surface area contributed by atoms with E-state index in [0.717, 1.165) is 36.4 Å². The summed E-state index contributed by atoms with van der Waals surface area (Å²) in [7, 11) is 3.29. The number of benzene rings is 1. The predicted octanol–water partition coefficient (Wildman–Crippen LogP) is 1.33. The number of methoxy groups -OCH3 is 2. The maximum atomic E-state index is 11.1. The van der Waals surface area contributed by atoms with Crippen LogP contribution in [-0.2, 0) is 4.79 Å². The summed E-state index contributed by atoms with van der Waals surface area (Å²) >= 11 is 0. The smallest absolute Gasteiger partial charge is 0.231 e. The Morgan fingerprint density at radius 3 is 2.84 bits per heavy atom. The van der Waals surface area contributed by atoms with Gasteiger partial charge in [-0.05, 0) is 37.6 Å². The molecule has 1 aromatic carbocycles. The van der Waals surface area contributed by atoms with Gasteiger partial charge in [0.2, 0.25) is 5.91 Å². The number of primary amides is 1. The highest BCUT2D eigenvalue weighted by Crippen LogP contribution is 2.38. The molecule has 2 N–H and O–H groups in total. The zero-order chi connectivity index (χ0) is 13.8. The third-order valence-corrected chi connectivity index (χ3v) is 3.52.